The second kappa shape index (κ2) is 5.83. The highest BCUT2D eigenvalue weighted by atomic mass is 79.9. The molecule has 0 saturated carbocycles. The van der Waals surface area contributed by atoms with Crippen molar-refractivity contribution in [3.8, 4) is 0 Å². The minimum Gasteiger partial charge on any atom is -0.464 e. The number of rotatable bonds is 2. The zero-order valence-electron chi connectivity index (χ0n) is 10.7. The summed E-state index contributed by atoms with van der Waals surface area (Å²) in [6.45, 7) is 0.156. The molecule has 1 fully saturated rings. The van der Waals surface area contributed by atoms with Crippen LogP contribution in [0.4, 0.5) is 0 Å². The molecule has 0 spiro atoms. The Bertz CT molecular complexity index is 682. The quantitative estimate of drug-likeness (QED) is 0.633. The molecule has 4 atom stereocenters. The Morgan fingerprint density at radius 2 is 2.05 bits per heavy atom. The van der Waals surface area contributed by atoms with E-state index >= 15 is 0 Å². The number of aliphatic hydroxyl groups is 3. The van der Waals surface area contributed by atoms with Gasteiger partial charge in [-0.15, -0.1) is 0 Å². The first-order valence-corrected chi connectivity index (χ1v) is 7.50. The Balaban J connectivity index is 1.92. The normalized spacial score (nSPS) is 31.8. The molecular weight excluding hydrogens is 366 g/mol. The SMILES string of the molecule is O[C@@H]1[C@@H](O)[C@H](OC2=c3c(Cl)c(Br)ccc3=NC2)OC[C@H]1O. The van der Waals surface area contributed by atoms with Gasteiger partial charge < -0.3 is 24.8 Å². The maximum atomic E-state index is 9.89. The van der Waals surface area contributed by atoms with Crippen molar-refractivity contribution in [3.05, 3.63) is 32.2 Å². The fourth-order valence-electron chi connectivity index (χ4n) is 2.29. The van der Waals surface area contributed by atoms with Gasteiger partial charge in [-0.3, -0.25) is 4.99 Å². The van der Waals surface area contributed by atoms with Crippen molar-refractivity contribution in [2.75, 3.05) is 13.2 Å². The highest BCUT2D eigenvalue weighted by Crippen LogP contribution is 2.22. The third-order valence-corrected chi connectivity index (χ3v) is 4.74. The van der Waals surface area contributed by atoms with Crippen LogP contribution in [0.5, 0.6) is 0 Å². The zero-order chi connectivity index (χ0) is 15.1. The van der Waals surface area contributed by atoms with Crippen molar-refractivity contribution in [1.29, 1.82) is 0 Å². The van der Waals surface area contributed by atoms with Gasteiger partial charge in [-0.05, 0) is 28.1 Å². The molecule has 0 aromatic heterocycles. The molecule has 0 radical (unpaired) electrons. The Kier molecular flexibility index (Phi) is 4.22. The third kappa shape index (κ3) is 2.69. The molecule has 1 aromatic carbocycles. The summed E-state index contributed by atoms with van der Waals surface area (Å²) < 4.78 is 11.6. The van der Waals surface area contributed by atoms with Crippen LogP contribution in [0.1, 0.15) is 0 Å². The van der Waals surface area contributed by atoms with E-state index in [1.54, 1.807) is 12.1 Å². The van der Waals surface area contributed by atoms with Gasteiger partial charge in [0, 0.05) is 4.47 Å². The lowest BCUT2D eigenvalue weighted by Crippen LogP contribution is -2.53. The monoisotopic (exact) mass is 377 g/mol. The Morgan fingerprint density at radius 1 is 1.29 bits per heavy atom. The van der Waals surface area contributed by atoms with Gasteiger partial charge in [-0.1, -0.05) is 11.6 Å². The second-order valence-corrected chi connectivity index (χ2v) is 6.10. The van der Waals surface area contributed by atoms with Crippen molar-refractivity contribution in [3.63, 3.8) is 0 Å². The lowest BCUT2D eigenvalue weighted by atomic mass is 10.1. The van der Waals surface area contributed by atoms with E-state index in [2.05, 4.69) is 20.9 Å². The molecular formula is C13H13BrClNO5. The van der Waals surface area contributed by atoms with Crippen LogP contribution in [0.25, 0.3) is 5.76 Å². The number of hydrogen-bond acceptors (Lipinski definition) is 6. The number of fused-ring (bicyclic) bond motifs is 1. The minimum absolute atomic E-state index is 0.119. The highest BCUT2D eigenvalue weighted by Gasteiger charge is 2.39. The number of ether oxygens (including phenoxy) is 2. The van der Waals surface area contributed by atoms with Crippen molar-refractivity contribution in [1.82, 2.24) is 0 Å². The van der Waals surface area contributed by atoms with E-state index in [0.29, 0.717) is 25.8 Å². The van der Waals surface area contributed by atoms with E-state index in [-0.39, 0.29) is 13.2 Å². The maximum Gasteiger partial charge on any atom is 0.228 e. The fourth-order valence-corrected chi connectivity index (χ4v) is 2.89. The van der Waals surface area contributed by atoms with E-state index in [0.717, 1.165) is 0 Å². The van der Waals surface area contributed by atoms with E-state index in [1.165, 1.54) is 0 Å². The Labute approximate surface area is 133 Å². The summed E-state index contributed by atoms with van der Waals surface area (Å²) >= 11 is 9.57. The zero-order valence-corrected chi connectivity index (χ0v) is 13.1. The number of benzene rings is 1. The molecule has 2 heterocycles. The van der Waals surface area contributed by atoms with Crippen LogP contribution in [0.2, 0.25) is 5.02 Å². The van der Waals surface area contributed by atoms with Crippen molar-refractivity contribution in [2.24, 2.45) is 4.99 Å². The van der Waals surface area contributed by atoms with E-state index < -0.39 is 24.6 Å². The van der Waals surface area contributed by atoms with Crippen LogP contribution >= 0.6 is 27.5 Å². The molecule has 0 bridgehead atoms. The first-order chi connectivity index (χ1) is 9.99. The summed E-state index contributed by atoms with van der Waals surface area (Å²) in [6, 6.07) is 3.60. The molecule has 2 aliphatic rings. The molecule has 0 aliphatic carbocycles. The van der Waals surface area contributed by atoms with Gasteiger partial charge in [0.15, 0.2) is 0 Å². The molecule has 1 saturated heterocycles. The van der Waals surface area contributed by atoms with Gasteiger partial charge in [0.25, 0.3) is 0 Å². The van der Waals surface area contributed by atoms with Gasteiger partial charge in [0.05, 0.1) is 28.8 Å². The second-order valence-electron chi connectivity index (χ2n) is 4.86. The first kappa shape index (κ1) is 15.2. The van der Waals surface area contributed by atoms with Crippen LogP contribution in [-0.4, -0.2) is 53.1 Å². The predicted octanol–water partition coefficient (Wildman–Crippen LogP) is -0.700. The maximum absolute atomic E-state index is 9.89. The Morgan fingerprint density at radius 3 is 2.81 bits per heavy atom. The van der Waals surface area contributed by atoms with E-state index in [1.807, 2.05) is 0 Å². The van der Waals surface area contributed by atoms with Gasteiger partial charge in [0.2, 0.25) is 6.29 Å². The van der Waals surface area contributed by atoms with Crippen molar-refractivity contribution < 1.29 is 24.8 Å². The number of halogens is 2. The predicted molar refractivity (Wildman–Crippen MR) is 77.1 cm³/mol. The number of hydrogen-bond donors (Lipinski definition) is 3. The minimum atomic E-state index is -1.35. The molecule has 1 aromatic rings. The van der Waals surface area contributed by atoms with Crippen molar-refractivity contribution in [2.45, 2.75) is 24.6 Å². The van der Waals surface area contributed by atoms with Crippen molar-refractivity contribution >= 4 is 33.3 Å². The molecule has 0 amide bonds. The van der Waals surface area contributed by atoms with Crippen LogP contribution in [0, 0.1) is 0 Å². The third-order valence-electron chi connectivity index (χ3n) is 3.46. The number of aliphatic hydroxyl groups excluding tert-OH is 3. The molecule has 6 nitrogen and oxygen atoms in total. The molecule has 3 rings (SSSR count). The summed E-state index contributed by atoms with van der Waals surface area (Å²) in [5, 5.41) is 30.8. The average Bonchev–Trinajstić information content (AvgIpc) is 2.87. The van der Waals surface area contributed by atoms with Gasteiger partial charge >= 0.3 is 0 Å². The largest absolute Gasteiger partial charge is 0.464 e. The van der Waals surface area contributed by atoms with Crippen LogP contribution < -0.4 is 10.6 Å². The molecule has 21 heavy (non-hydrogen) atoms. The number of nitrogens with zero attached hydrogens (tertiary/aromatic N) is 1. The average molecular weight is 379 g/mol. The van der Waals surface area contributed by atoms with E-state index in [4.69, 9.17) is 21.1 Å². The molecule has 8 heteroatoms. The lowest BCUT2D eigenvalue weighted by molar-refractivity contribution is -0.250. The molecule has 114 valence electrons. The van der Waals surface area contributed by atoms with Gasteiger partial charge in [-0.2, -0.15) is 0 Å². The Hall–Kier alpha value is -0.700. The smallest absolute Gasteiger partial charge is 0.228 e. The molecule has 0 unspecified atom stereocenters. The fraction of sp³-hybridized carbons (Fsp3) is 0.462. The summed E-state index contributed by atoms with van der Waals surface area (Å²) in [5.41, 5.74) is 0. The van der Waals surface area contributed by atoms with Gasteiger partial charge in [0.1, 0.15) is 24.1 Å². The van der Waals surface area contributed by atoms with Crippen LogP contribution in [0.3, 0.4) is 0 Å². The molecule has 2 aliphatic heterocycles. The highest BCUT2D eigenvalue weighted by molar-refractivity contribution is 9.10. The summed E-state index contributed by atoms with van der Waals surface area (Å²) in [7, 11) is 0. The topological polar surface area (TPSA) is 91.5 Å². The first-order valence-electron chi connectivity index (χ1n) is 6.33. The lowest BCUT2D eigenvalue weighted by Gasteiger charge is -2.35. The summed E-state index contributed by atoms with van der Waals surface area (Å²) in [5.74, 6) is 0.462. The summed E-state index contributed by atoms with van der Waals surface area (Å²) in [4.78, 5) is 4.29. The van der Waals surface area contributed by atoms with Crippen LogP contribution in [-0.2, 0) is 9.47 Å². The van der Waals surface area contributed by atoms with Crippen LogP contribution in [0.15, 0.2) is 21.6 Å². The standard InChI is InChI=1S/C13H13BrClNO5/c14-5-1-2-6-9(10(5)15)8(3-16-6)21-13-12(19)11(18)7(17)4-20-13/h1-2,7,11-13,17-19H,3-4H2/t7-,11+,12-,13+/m1/s1. The molecule has 3 N–H and O–H groups in total. The van der Waals surface area contributed by atoms with Gasteiger partial charge in [-0.25, -0.2) is 0 Å². The summed E-state index contributed by atoms with van der Waals surface area (Å²) in [6.07, 6.45) is -4.88. The van der Waals surface area contributed by atoms with E-state index in [9.17, 15) is 15.3 Å².